The van der Waals surface area contributed by atoms with Gasteiger partial charge in [0, 0.05) is 41.0 Å². The van der Waals surface area contributed by atoms with E-state index in [1.165, 1.54) is 17.7 Å². The average molecular weight is 446 g/mol. The number of amides is 1. The monoisotopic (exact) mass is 445 g/mol. The lowest BCUT2D eigenvalue weighted by atomic mass is 9.97. The second-order valence-corrected chi connectivity index (χ2v) is 8.67. The van der Waals surface area contributed by atoms with Crippen molar-refractivity contribution >= 4 is 27.8 Å². The normalized spacial score (nSPS) is 16.3. The number of para-hydroxylation sites is 1. The Hall–Kier alpha value is -3.38. The number of carbonyl (C=O) groups is 1. The lowest BCUT2D eigenvalue weighted by Gasteiger charge is -2.30. The number of H-pyrrole nitrogens is 1. The molecular weight excluding hydrogens is 417 g/mol. The zero-order valence-electron chi connectivity index (χ0n) is 19.0. The molecule has 4 aromatic rings. The molecule has 0 radical (unpaired) electrons. The van der Waals surface area contributed by atoms with Crippen LogP contribution in [-0.2, 0) is 6.54 Å². The van der Waals surface area contributed by atoms with Crippen molar-refractivity contribution in [1.29, 1.82) is 0 Å². The summed E-state index contributed by atoms with van der Waals surface area (Å²) in [5.74, 6) is 0.562. The first-order valence-corrected chi connectivity index (χ1v) is 11.5. The number of furan rings is 1. The van der Waals surface area contributed by atoms with E-state index < -0.39 is 0 Å². The fourth-order valence-corrected chi connectivity index (χ4v) is 4.76. The number of hydrogen-bond donors (Lipinski definition) is 2. The molecule has 2 heterocycles. The molecule has 0 aliphatic heterocycles. The van der Waals surface area contributed by atoms with Gasteiger partial charge in [0.1, 0.15) is 22.9 Å². The number of allylic oxidation sites excluding steroid dienone is 1. The molecule has 2 aromatic carbocycles. The summed E-state index contributed by atoms with van der Waals surface area (Å²) in [6, 6.07) is 14.6. The molecule has 5 nitrogen and oxygen atoms in total. The summed E-state index contributed by atoms with van der Waals surface area (Å²) in [4.78, 5) is 18.2. The Balaban J connectivity index is 1.28. The minimum atomic E-state index is -0.309. The molecule has 0 bridgehead atoms. The predicted octanol–water partition coefficient (Wildman–Crippen LogP) is 6.05. The van der Waals surface area contributed by atoms with E-state index in [0.29, 0.717) is 24.2 Å². The molecule has 1 amide bonds. The number of benzene rings is 2. The van der Waals surface area contributed by atoms with Gasteiger partial charge in [-0.2, -0.15) is 0 Å². The maximum atomic E-state index is 13.6. The number of carbonyl (C=O) groups excluding carboxylic acids is 1. The summed E-state index contributed by atoms with van der Waals surface area (Å²) in [6.45, 7) is 5.31. The van der Waals surface area contributed by atoms with Crippen LogP contribution in [0.4, 0.5) is 4.39 Å². The van der Waals surface area contributed by atoms with E-state index in [4.69, 9.17) is 4.42 Å². The van der Waals surface area contributed by atoms with E-state index in [1.54, 1.807) is 12.1 Å². The minimum Gasteiger partial charge on any atom is -0.459 e. The van der Waals surface area contributed by atoms with Gasteiger partial charge in [-0.25, -0.2) is 4.39 Å². The summed E-state index contributed by atoms with van der Waals surface area (Å²) < 4.78 is 19.6. The summed E-state index contributed by atoms with van der Waals surface area (Å²) >= 11 is 0. The SMILES string of the molecule is CCN(C(=O)c1cc2cc(F)ccc2[nH]1)C1=CCCC(NCc2oc3ccccc3c2C)C1. The van der Waals surface area contributed by atoms with Gasteiger partial charge in [0.05, 0.1) is 6.54 Å². The molecular formula is C27H28FN3O2. The second-order valence-electron chi connectivity index (χ2n) is 8.67. The maximum Gasteiger partial charge on any atom is 0.274 e. The average Bonchev–Trinajstić information content (AvgIpc) is 3.39. The fraction of sp³-hybridized carbons (Fsp3) is 0.296. The van der Waals surface area contributed by atoms with Crippen LogP contribution >= 0.6 is 0 Å². The Morgan fingerprint density at radius 2 is 2.09 bits per heavy atom. The first-order chi connectivity index (χ1) is 16.0. The van der Waals surface area contributed by atoms with Crippen molar-refractivity contribution < 1.29 is 13.6 Å². The number of rotatable bonds is 6. The zero-order chi connectivity index (χ0) is 22.9. The highest BCUT2D eigenvalue weighted by Gasteiger charge is 2.25. The molecule has 170 valence electrons. The topological polar surface area (TPSA) is 61.3 Å². The molecule has 2 N–H and O–H groups in total. The van der Waals surface area contributed by atoms with Gasteiger partial charge in [0.25, 0.3) is 5.91 Å². The first-order valence-electron chi connectivity index (χ1n) is 11.5. The van der Waals surface area contributed by atoms with Crippen LogP contribution in [0.5, 0.6) is 0 Å². The second kappa shape index (κ2) is 8.87. The highest BCUT2D eigenvalue weighted by atomic mass is 19.1. The van der Waals surface area contributed by atoms with Crippen LogP contribution in [0.15, 0.2) is 64.7 Å². The molecule has 2 aromatic heterocycles. The van der Waals surface area contributed by atoms with Crippen LogP contribution in [0.3, 0.4) is 0 Å². The number of aromatic nitrogens is 1. The number of halogens is 1. The zero-order valence-corrected chi connectivity index (χ0v) is 19.0. The predicted molar refractivity (Wildman–Crippen MR) is 128 cm³/mol. The van der Waals surface area contributed by atoms with E-state index >= 15 is 0 Å². The van der Waals surface area contributed by atoms with Gasteiger partial charge >= 0.3 is 0 Å². The molecule has 0 fully saturated rings. The van der Waals surface area contributed by atoms with Crippen LogP contribution < -0.4 is 5.32 Å². The summed E-state index contributed by atoms with van der Waals surface area (Å²) in [6.07, 6.45) is 4.86. The van der Waals surface area contributed by atoms with Crippen molar-refractivity contribution in [2.24, 2.45) is 0 Å². The molecule has 0 saturated carbocycles. The van der Waals surface area contributed by atoms with Gasteiger partial charge in [-0.1, -0.05) is 24.3 Å². The number of nitrogens with one attached hydrogen (secondary N) is 2. The molecule has 1 unspecified atom stereocenters. The minimum absolute atomic E-state index is 0.0888. The standard InChI is InChI=1S/C27H28FN3O2/c1-3-31(27(32)24-14-18-13-19(28)11-12-23(18)30-24)21-8-6-7-20(15-21)29-16-26-17(2)22-9-4-5-10-25(22)33-26/h4-5,8-14,20,29-30H,3,6-7,15-16H2,1-2H3. The van der Waals surface area contributed by atoms with Crippen molar-refractivity contribution in [1.82, 2.24) is 15.2 Å². The summed E-state index contributed by atoms with van der Waals surface area (Å²) in [5.41, 5.74) is 4.35. The third kappa shape index (κ3) is 4.18. The molecule has 1 atom stereocenters. The molecule has 5 rings (SSSR count). The van der Waals surface area contributed by atoms with E-state index in [1.807, 2.05) is 30.0 Å². The molecule has 1 aliphatic rings. The van der Waals surface area contributed by atoms with E-state index in [9.17, 15) is 9.18 Å². The number of aromatic amines is 1. The summed E-state index contributed by atoms with van der Waals surface area (Å²) in [7, 11) is 0. The summed E-state index contributed by atoms with van der Waals surface area (Å²) in [5, 5.41) is 5.49. The maximum absolute atomic E-state index is 13.6. The van der Waals surface area contributed by atoms with Crippen LogP contribution in [0.2, 0.25) is 0 Å². The molecule has 0 saturated heterocycles. The number of hydrogen-bond acceptors (Lipinski definition) is 3. The molecule has 6 heteroatoms. The lowest BCUT2D eigenvalue weighted by Crippen LogP contribution is -2.37. The number of aryl methyl sites for hydroxylation is 1. The van der Waals surface area contributed by atoms with E-state index in [0.717, 1.165) is 47.2 Å². The van der Waals surface area contributed by atoms with Gasteiger partial charge in [0.2, 0.25) is 0 Å². The molecule has 33 heavy (non-hydrogen) atoms. The van der Waals surface area contributed by atoms with Crippen molar-refractivity contribution in [3.05, 3.63) is 83.1 Å². The van der Waals surface area contributed by atoms with Gasteiger partial charge in [-0.05, 0) is 62.6 Å². The third-order valence-electron chi connectivity index (χ3n) is 6.57. The van der Waals surface area contributed by atoms with Crippen LogP contribution in [0, 0.1) is 12.7 Å². The lowest BCUT2D eigenvalue weighted by molar-refractivity contribution is 0.0797. The fourth-order valence-electron chi connectivity index (χ4n) is 4.76. The number of nitrogens with zero attached hydrogens (tertiary/aromatic N) is 1. The highest BCUT2D eigenvalue weighted by Crippen LogP contribution is 2.27. The van der Waals surface area contributed by atoms with E-state index in [2.05, 4.69) is 29.4 Å². The van der Waals surface area contributed by atoms with Crippen molar-refractivity contribution in [2.75, 3.05) is 6.54 Å². The Morgan fingerprint density at radius 1 is 1.24 bits per heavy atom. The number of fused-ring (bicyclic) bond motifs is 2. The van der Waals surface area contributed by atoms with E-state index in [-0.39, 0.29) is 17.8 Å². The van der Waals surface area contributed by atoms with Gasteiger partial charge in [-0.3, -0.25) is 4.79 Å². The highest BCUT2D eigenvalue weighted by molar-refractivity contribution is 5.98. The Morgan fingerprint density at radius 3 is 2.91 bits per heavy atom. The van der Waals surface area contributed by atoms with Crippen LogP contribution in [-0.4, -0.2) is 28.4 Å². The Kier molecular flexibility index (Phi) is 5.77. The van der Waals surface area contributed by atoms with Crippen LogP contribution in [0.25, 0.3) is 21.9 Å². The van der Waals surface area contributed by atoms with Crippen LogP contribution in [0.1, 0.15) is 48.0 Å². The molecule has 1 aliphatic carbocycles. The largest absolute Gasteiger partial charge is 0.459 e. The van der Waals surface area contributed by atoms with Crippen molar-refractivity contribution in [2.45, 2.75) is 45.7 Å². The van der Waals surface area contributed by atoms with Crippen molar-refractivity contribution in [3.63, 3.8) is 0 Å². The quantitative estimate of drug-likeness (QED) is 0.380. The van der Waals surface area contributed by atoms with Crippen molar-refractivity contribution in [3.8, 4) is 0 Å². The Bertz CT molecular complexity index is 1350. The third-order valence-corrected chi connectivity index (χ3v) is 6.57. The van der Waals surface area contributed by atoms with Gasteiger partial charge in [-0.15, -0.1) is 0 Å². The van der Waals surface area contributed by atoms with Gasteiger partial charge < -0.3 is 19.6 Å². The molecule has 0 spiro atoms. The van der Waals surface area contributed by atoms with Gasteiger partial charge in [0.15, 0.2) is 0 Å². The smallest absolute Gasteiger partial charge is 0.274 e. The Labute approximate surface area is 192 Å². The first kappa shape index (κ1) is 21.5.